The molecule has 5 nitrogen and oxygen atoms in total. The molecule has 0 spiro atoms. The van der Waals surface area contributed by atoms with Crippen molar-refractivity contribution in [2.24, 2.45) is 5.73 Å². The molecule has 3 N–H and O–H groups in total. The summed E-state index contributed by atoms with van der Waals surface area (Å²) in [5.41, 5.74) is 4.77. The molecule has 68 valence electrons. The molecule has 5 heteroatoms. The molecular formula is C7H12N2O3. The summed E-state index contributed by atoms with van der Waals surface area (Å²) < 4.78 is 5.12. The first-order valence-electron chi connectivity index (χ1n) is 3.92. The number of primary amides is 1. The van der Waals surface area contributed by atoms with E-state index in [9.17, 15) is 9.59 Å². The van der Waals surface area contributed by atoms with Gasteiger partial charge >= 0.3 is 6.03 Å². The maximum atomic E-state index is 11.1. The van der Waals surface area contributed by atoms with E-state index in [1.807, 2.05) is 5.32 Å². The van der Waals surface area contributed by atoms with E-state index in [-0.39, 0.29) is 0 Å². The lowest BCUT2D eigenvalue weighted by Gasteiger charge is -2.20. The van der Waals surface area contributed by atoms with Crippen molar-refractivity contribution < 1.29 is 14.3 Å². The number of hydrogen-bond donors (Lipinski definition) is 2. The van der Waals surface area contributed by atoms with Gasteiger partial charge in [-0.05, 0) is 19.3 Å². The zero-order chi connectivity index (χ0) is 8.97. The summed E-state index contributed by atoms with van der Waals surface area (Å²) in [6.07, 6.45) is 2.10. The predicted molar refractivity (Wildman–Crippen MR) is 41.3 cm³/mol. The highest BCUT2D eigenvalue weighted by atomic mass is 16.5. The van der Waals surface area contributed by atoms with Crippen LogP contribution >= 0.6 is 0 Å². The minimum absolute atomic E-state index is 0.429. The molecular weight excluding hydrogens is 160 g/mol. The van der Waals surface area contributed by atoms with Crippen LogP contribution in [0.4, 0.5) is 4.79 Å². The number of imide groups is 1. The number of carbonyl (C=O) groups excluding carboxylic acids is 2. The van der Waals surface area contributed by atoms with E-state index in [1.165, 1.54) is 0 Å². The molecule has 12 heavy (non-hydrogen) atoms. The van der Waals surface area contributed by atoms with Gasteiger partial charge in [-0.25, -0.2) is 4.79 Å². The summed E-state index contributed by atoms with van der Waals surface area (Å²) in [6.45, 7) is 0.580. The van der Waals surface area contributed by atoms with Crippen LogP contribution in [-0.4, -0.2) is 24.6 Å². The fourth-order valence-electron chi connectivity index (χ4n) is 1.15. The number of ether oxygens (including phenoxy) is 1. The van der Waals surface area contributed by atoms with Crippen LogP contribution in [-0.2, 0) is 9.53 Å². The van der Waals surface area contributed by atoms with Gasteiger partial charge in [-0.15, -0.1) is 0 Å². The zero-order valence-electron chi connectivity index (χ0n) is 6.71. The van der Waals surface area contributed by atoms with Crippen molar-refractivity contribution in [3.05, 3.63) is 0 Å². The first-order valence-corrected chi connectivity index (χ1v) is 3.92. The highest BCUT2D eigenvalue weighted by Gasteiger charge is 2.22. The third-order valence-corrected chi connectivity index (χ3v) is 1.72. The maximum Gasteiger partial charge on any atom is 0.318 e. The molecule has 0 aromatic heterocycles. The van der Waals surface area contributed by atoms with Crippen LogP contribution in [0.5, 0.6) is 0 Å². The molecule has 1 rings (SSSR count). The average Bonchev–Trinajstić information content (AvgIpc) is 2.05. The van der Waals surface area contributed by atoms with E-state index in [1.54, 1.807) is 0 Å². The first-order chi connectivity index (χ1) is 5.70. The topological polar surface area (TPSA) is 81.4 Å². The molecule has 1 fully saturated rings. The quantitative estimate of drug-likeness (QED) is 0.572. The van der Waals surface area contributed by atoms with Crippen LogP contribution in [0.3, 0.4) is 0 Å². The number of hydrogen-bond acceptors (Lipinski definition) is 3. The summed E-state index contributed by atoms with van der Waals surface area (Å²) in [4.78, 5) is 21.4. The molecule has 1 heterocycles. The second-order valence-electron chi connectivity index (χ2n) is 2.71. The molecule has 3 amide bonds. The highest BCUT2D eigenvalue weighted by molar-refractivity contribution is 5.95. The van der Waals surface area contributed by atoms with Gasteiger partial charge in [0.25, 0.3) is 5.91 Å². The minimum Gasteiger partial charge on any atom is -0.368 e. The van der Waals surface area contributed by atoms with Gasteiger partial charge in [-0.3, -0.25) is 10.1 Å². The number of carbonyl (C=O) groups is 2. The van der Waals surface area contributed by atoms with Crippen molar-refractivity contribution in [2.75, 3.05) is 6.61 Å². The van der Waals surface area contributed by atoms with Crippen molar-refractivity contribution in [3.8, 4) is 0 Å². The number of nitrogens with one attached hydrogen (secondary N) is 1. The molecule has 0 aliphatic carbocycles. The molecule has 1 aliphatic heterocycles. The minimum atomic E-state index is -0.825. The Morgan fingerprint density at radius 1 is 1.42 bits per heavy atom. The number of rotatable bonds is 1. The molecule has 1 unspecified atom stereocenters. The highest BCUT2D eigenvalue weighted by Crippen LogP contribution is 2.12. The fourth-order valence-corrected chi connectivity index (χ4v) is 1.15. The van der Waals surface area contributed by atoms with Crippen molar-refractivity contribution in [1.82, 2.24) is 5.32 Å². The Hall–Kier alpha value is -1.10. The first kappa shape index (κ1) is 8.99. The van der Waals surface area contributed by atoms with Crippen LogP contribution in [0.2, 0.25) is 0 Å². The Labute approximate surface area is 70.2 Å². The summed E-state index contributed by atoms with van der Waals surface area (Å²) in [7, 11) is 0. The standard InChI is InChI=1S/C7H12N2O3/c8-7(11)9-6(10)5-3-1-2-4-12-5/h5H,1-4H2,(H3,8,9,10,11). The summed E-state index contributed by atoms with van der Waals surface area (Å²) in [5, 5.41) is 1.99. The van der Waals surface area contributed by atoms with Gasteiger partial charge in [0.1, 0.15) is 6.10 Å². The Balaban J connectivity index is 2.34. The lowest BCUT2D eigenvalue weighted by molar-refractivity contribution is -0.134. The van der Waals surface area contributed by atoms with Gasteiger partial charge in [0.05, 0.1) is 0 Å². The van der Waals surface area contributed by atoms with Crippen LogP contribution in [0, 0.1) is 0 Å². The van der Waals surface area contributed by atoms with Crippen molar-refractivity contribution in [1.29, 1.82) is 0 Å². The molecule has 0 aromatic rings. The average molecular weight is 172 g/mol. The molecule has 0 saturated carbocycles. The lowest BCUT2D eigenvalue weighted by Crippen LogP contribution is -2.43. The van der Waals surface area contributed by atoms with Crippen LogP contribution in [0.15, 0.2) is 0 Å². The number of nitrogens with two attached hydrogens (primary N) is 1. The third-order valence-electron chi connectivity index (χ3n) is 1.72. The largest absolute Gasteiger partial charge is 0.368 e. The smallest absolute Gasteiger partial charge is 0.318 e. The summed E-state index contributed by atoms with van der Waals surface area (Å²) in [6, 6.07) is -0.825. The predicted octanol–water partition coefficient (Wildman–Crippen LogP) is -0.250. The molecule has 1 atom stereocenters. The number of amides is 3. The lowest BCUT2D eigenvalue weighted by atomic mass is 10.1. The van der Waals surface area contributed by atoms with Gasteiger partial charge in [-0.1, -0.05) is 0 Å². The Bertz CT molecular complexity index is 187. The van der Waals surface area contributed by atoms with E-state index in [0.29, 0.717) is 13.0 Å². The van der Waals surface area contributed by atoms with Crippen LogP contribution in [0.25, 0.3) is 0 Å². The molecule has 0 aromatic carbocycles. The van der Waals surface area contributed by atoms with Crippen molar-refractivity contribution in [3.63, 3.8) is 0 Å². The normalized spacial score (nSPS) is 23.2. The fraction of sp³-hybridized carbons (Fsp3) is 0.714. The van der Waals surface area contributed by atoms with Crippen molar-refractivity contribution in [2.45, 2.75) is 25.4 Å². The van der Waals surface area contributed by atoms with Gasteiger partial charge in [0.15, 0.2) is 0 Å². The number of urea groups is 1. The molecule has 0 bridgehead atoms. The Morgan fingerprint density at radius 2 is 2.17 bits per heavy atom. The van der Waals surface area contributed by atoms with Gasteiger partial charge in [0.2, 0.25) is 0 Å². The molecule has 0 radical (unpaired) electrons. The summed E-state index contributed by atoms with van der Waals surface area (Å²) >= 11 is 0. The second-order valence-corrected chi connectivity index (χ2v) is 2.71. The second kappa shape index (κ2) is 4.06. The van der Waals surface area contributed by atoms with Crippen LogP contribution in [0.1, 0.15) is 19.3 Å². The maximum absolute atomic E-state index is 11.1. The van der Waals surface area contributed by atoms with E-state index >= 15 is 0 Å². The summed E-state index contributed by atoms with van der Waals surface area (Å²) in [5.74, 6) is -0.429. The van der Waals surface area contributed by atoms with Gasteiger partial charge in [0, 0.05) is 6.61 Å². The monoisotopic (exact) mass is 172 g/mol. The van der Waals surface area contributed by atoms with E-state index < -0.39 is 18.0 Å². The van der Waals surface area contributed by atoms with E-state index in [0.717, 1.165) is 12.8 Å². The molecule has 1 saturated heterocycles. The van der Waals surface area contributed by atoms with E-state index in [4.69, 9.17) is 10.5 Å². The SMILES string of the molecule is NC(=O)NC(=O)C1CCCCO1. The molecule has 1 aliphatic rings. The van der Waals surface area contributed by atoms with E-state index in [2.05, 4.69) is 0 Å². The zero-order valence-corrected chi connectivity index (χ0v) is 6.71. The third kappa shape index (κ3) is 2.50. The van der Waals surface area contributed by atoms with Crippen molar-refractivity contribution >= 4 is 11.9 Å². The van der Waals surface area contributed by atoms with Crippen LogP contribution < -0.4 is 11.1 Å². The Morgan fingerprint density at radius 3 is 2.67 bits per heavy atom. The van der Waals surface area contributed by atoms with Gasteiger partial charge < -0.3 is 10.5 Å². The van der Waals surface area contributed by atoms with Gasteiger partial charge in [-0.2, -0.15) is 0 Å². The Kier molecular flexibility index (Phi) is 3.04.